The van der Waals surface area contributed by atoms with Gasteiger partial charge in [0.15, 0.2) is 0 Å². The standard InChI is InChI=1S/C5H8N2O4S/c1-10-4(9)6-3(8)7-5(12)11-2/h1-2H3,(H2,6,7,8,9,12). The van der Waals surface area contributed by atoms with Crippen LogP contribution in [0.25, 0.3) is 0 Å². The summed E-state index contributed by atoms with van der Waals surface area (Å²) in [6.45, 7) is 0. The number of nitrogens with one attached hydrogen (secondary N) is 2. The molecular weight excluding hydrogens is 184 g/mol. The number of carbonyl (C=O) groups is 2. The van der Waals surface area contributed by atoms with Crippen LogP contribution in [0.2, 0.25) is 0 Å². The quantitative estimate of drug-likeness (QED) is 0.527. The van der Waals surface area contributed by atoms with Crippen LogP contribution < -0.4 is 10.6 Å². The van der Waals surface area contributed by atoms with E-state index in [2.05, 4.69) is 27.0 Å². The largest absolute Gasteiger partial charge is 0.474 e. The number of carbonyl (C=O) groups excluding carboxylic acids is 2. The molecule has 0 aromatic rings. The van der Waals surface area contributed by atoms with Crippen LogP contribution in [0.3, 0.4) is 0 Å². The van der Waals surface area contributed by atoms with Gasteiger partial charge in [-0.1, -0.05) is 0 Å². The van der Waals surface area contributed by atoms with Crippen molar-refractivity contribution >= 4 is 29.5 Å². The van der Waals surface area contributed by atoms with E-state index < -0.39 is 12.1 Å². The Hall–Kier alpha value is -1.37. The molecule has 0 rings (SSSR count). The molecular formula is C5H8N2O4S. The lowest BCUT2D eigenvalue weighted by molar-refractivity contribution is 0.171. The summed E-state index contributed by atoms with van der Waals surface area (Å²) in [6.07, 6.45) is -0.869. The fourth-order valence-electron chi connectivity index (χ4n) is 0.319. The molecule has 0 aliphatic heterocycles. The van der Waals surface area contributed by atoms with Crippen LogP contribution in [-0.2, 0) is 9.47 Å². The number of ether oxygens (including phenoxy) is 2. The highest BCUT2D eigenvalue weighted by Crippen LogP contribution is 1.75. The molecule has 6 nitrogen and oxygen atoms in total. The summed E-state index contributed by atoms with van der Waals surface area (Å²) in [6, 6.07) is -0.798. The summed E-state index contributed by atoms with van der Waals surface area (Å²) in [4.78, 5) is 21.1. The second-order valence-electron chi connectivity index (χ2n) is 1.56. The lowest BCUT2D eigenvalue weighted by atomic mass is 10.9. The van der Waals surface area contributed by atoms with Crippen molar-refractivity contribution in [2.24, 2.45) is 0 Å². The lowest BCUT2D eigenvalue weighted by Gasteiger charge is -2.04. The van der Waals surface area contributed by atoms with Crippen molar-refractivity contribution in [1.82, 2.24) is 10.6 Å². The van der Waals surface area contributed by atoms with Crippen LogP contribution in [0.4, 0.5) is 9.59 Å². The van der Waals surface area contributed by atoms with Crippen LogP contribution in [0.5, 0.6) is 0 Å². The molecule has 0 unspecified atom stereocenters. The van der Waals surface area contributed by atoms with Crippen LogP contribution >= 0.6 is 12.2 Å². The topological polar surface area (TPSA) is 76.7 Å². The molecule has 0 fully saturated rings. The number of hydrogen-bond donors (Lipinski definition) is 2. The Morgan fingerprint density at radius 1 is 1.17 bits per heavy atom. The molecule has 0 aromatic carbocycles. The van der Waals surface area contributed by atoms with E-state index >= 15 is 0 Å². The summed E-state index contributed by atoms with van der Waals surface area (Å²) in [5.41, 5.74) is 0. The van der Waals surface area contributed by atoms with Gasteiger partial charge < -0.3 is 9.47 Å². The molecule has 0 atom stereocenters. The molecule has 0 saturated heterocycles. The Morgan fingerprint density at radius 2 is 1.75 bits per heavy atom. The third-order valence-electron chi connectivity index (χ3n) is 0.802. The first kappa shape index (κ1) is 10.6. The van der Waals surface area contributed by atoms with Crippen molar-refractivity contribution in [3.63, 3.8) is 0 Å². The number of rotatable bonds is 0. The van der Waals surface area contributed by atoms with Gasteiger partial charge in [-0.2, -0.15) is 0 Å². The zero-order chi connectivity index (χ0) is 9.56. The van der Waals surface area contributed by atoms with Crippen molar-refractivity contribution in [3.8, 4) is 0 Å². The summed E-state index contributed by atoms with van der Waals surface area (Å²) in [5.74, 6) is 0. The van der Waals surface area contributed by atoms with Gasteiger partial charge in [-0.25, -0.2) is 14.9 Å². The minimum Gasteiger partial charge on any atom is -0.474 e. The third kappa shape index (κ3) is 4.45. The Bertz CT molecular complexity index is 186. The molecule has 0 aliphatic carbocycles. The molecule has 0 spiro atoms. The van der Waals surface area contributed by atoms with Gasteiger partial charge in [0.2, 0.25) is 0 Å². The van der Waals surface area contributed by atoms with Crippen molar-refractivity contribution in [3.05, 3.63) is 0 Å². The van der Waals surface area contributed by atoms with E-state index in [1.807, 2.05) is 5.32 Å². The second-order valence-corrected chi connectivity index (χ2v) is 1.93. The summed E-state index contributed by atoms with van der Waals surface area (Å²) >= 11 is 4.47. The minimum absolute atomic E-state index is 0.128. The maximum atomic E-state index is 10.7. The Labute approximate surface area is 74.2 Å². The fraction of sp³-hybridized carbons (Fsp3) is 0.400. The molecule has 2 N–H and O–H groups in total. The summed E-state index contributed by atoms with van der Waals surface area (Å²) in [5, 5.41) is 3.74. The van der Waals surface area contributed by atoms with E-state index in [-0.39, 0.29) is 5.17 Å². The molecule has 0 aliphatic rings. The first-order valence-corrected chi connectivity index (χ1v) is 3.25. The molecule has 0 radical (unpaired) electrons. The monoisotopic (exact) mass is 192 g/mol. The summed E-state index contributed by atoms with van der Waals surface area (Å²) in [7, 11) is 2.43. The average Bonchev–Trinajstić information content (AvgIpc) is 2.03. The molecule has 0 saturated carbocycles. The van der Waals surface area contributed by atoms with Gasteiger partial charge in [0.05, 0.1) is 14.2 Å². The first-order valence-electron chi connectivity index (χ1n) is 2.84. The van der Waals surface area contributed by atoms with Crippen molar-refractivity contribution in [2.75, 3.05) is 14.2 Å². The minimum atomic E-state index is -0.869. The van der Waals surface area contributed by atoms with Crippen molar-refractivity contribution < 1.29 is 19.1 Å². The molecule has 0 bridgehead atoms. The number of methoxy groups -OCH3 is 2. The van der Waals surface area contributed by atoms with E-state index in [4.69, 9.17) is 0 Å². The van der Waals surface area contributed by atoms with Gasteiger partial charge in [0, 0.05) is 0 Å². The smallest absolute Gasteiger partial charge is 0.415 e. The Balaban J connectivity index is 3.74. The molecule has 0 aromatic heterocycles. The average molecular weight is 192 g/mol. The highest BCUT2D eigenvalue weighted by Gasteiger charge is 2.07. The van der Waals surface area contributed by atoms with E-state index in [1.54, 1.807) is 0 Å². The van der Waals surface area contributed by atoms with Crippen molar-refractivity contribution in [1.29, 1.82) is 0 Å². The molecule has 12 heavy (non-hydrogen) atoms. The summed E-state index contributed by atoms with van der Waals surface area (Å²) < 4.78 is 8.58. The van der Waals surface area contributed by atoms with Crippen LogP contribution in [0, 0.1) is 0 Å². The highest BCUT2D eigenvalue weighted by molar-refractivity contribution is 7.80. The number of amides is 3. The number of urea groups is 1. The van der Waals surface area contributed by atoms with Gasteiger partial charge in [0.25, 0.3) is 5.17 Å². The molecule has 3 amide bonds. The van der Waals surface area contributed by atoms with Gasteiger partial charge in [-0.15, -0.1) is 0 Å². The predicted octanol–water partition coefficient (Wildman–Crippen LogP) is -0.0167. The lowest BCUT2D eigenvalue weighted by Crippen LogP contribution is -2.42. The van der Waals surface area contributed by atoms with Crippen LogP contribution in [0.15, 0.2) is 0 Å². The van der Waals surface area contributed by atoms with Gasteiger partial charge in [-0.05, 0) is 12.2 Å². The Kier molecular flexibility index (Phi) is 4.70. The molecule has 0 heterocycles. The first-order chi connectivity index (χ1) is 5.60. The highest BCUT2D eigenvalue weighted by atomic mass is 32.1. The maximum absolute atomic E-state index is 10.7. The second kappa shape index (κ2) is 5.30. The van der Waals surface area contributed by atoms with Gasteiger partial charge in [0.1, 0.15) is 0 Å². The van der Waals surface area contributed by atoms with E-state index in [9.17, 15) is 9.59 Å². The number of thiocarbonyl (C=S) groups is 1. The zero-order valence-electron chi connectivity index (χ0n) is 6.54. The van der Waals surface area contributed by atoms with E-state index in [0.717, 1.165) is 7.11 Å². The molecule has 7 heteroatoms. The van der Waals surface area contributed by atoms with Gasteiger partial charge in [-0.3, -0.25) is 5.32 Å². The number of imide groups is 1. The Morgan fingerprint density at radius 3 is 2.17 bits per heavy atom. The van der Waals surface area contributed by atoms with Crippen LogP contribution in [-0.4, -0.2) is 31.5 Å². The van der Waals surface area contributed by atoms with E-state index in [0.29, 0.717) is 0 Å². The van der Waals surface area contributed by atoms with E-state index in [1.165, 1.54) is 7.11 Å². The fourth-order valence-corrected chi connectivity index (χ4v) is 0.411. The molecule has 68 valence electrons. The normalized spacial score (nSPS) is 8.17. The zero-order valence-corrected chi connectivity index (χ0v) is 7.36. The number of alkyl carbamates (subject to hydrolysis) is 1. The maximum Gasteiger partial charge on any atom is 0.415 e. The predicted molar refractivity (Wildman–Crippen MR) is 43.7 cm³/mol. The van der Waals surface area contributed by atoms with Crippen LogP contribution in [0.1, 0.15) is 0 Å². The third-order valence-corrected chi connectivity index (χ3v) is 1.07. The number of hydrogen-bond acceptors (Lipinski definition) is 5. The SMILES string of the molecule is COC(=O)NC(=O)NC(=S)OC. The van der Waals surface area contributed by atoms with Gasteiger partial charge >= 0.3 is 12.1 Å². The van der Waals surface area contributed by atoms with Crippen molar-refractivity contribution in [2.45, 2.75) is 0 Å².